The third-order valence-corrected chi connectivity index (χ3v) is 4.61. The zero-order valence-corrected chi connectivity index (χ0v) is 13.6. The molecule has 0 spiro atoms. The van der Waals surface area contributed by atoms with E-state index in [4.69, 9.17) is 0 Å². The molecule has 2 aromatic rings. The Morgan fingerprint density at radius 2 is 2.00 bits per heavy atom. The Morgan fingerprint density at radius 1 is 1.29 bits per heavy atom. The highest BCUT2D eigenvalue weighted by Gasteiger charge is 2.13. The highest BCUT2D eigenvalue weighted by atomic mass is 32.1. The van der Waals surface area contributed by atoms with E-state index in [1.54, 1.807) is 30.4 Å². The van der Waals surface area contributed by atoms with E-state index in [0.717, 1.165) is 5.56 Å². The van der Waals surface area contributed by atoms with Crippen LogP contribution in [0.4, 0.5) is 5.69 Å². The fraction of sp³-hybridized carbons (Fsp3) is 0.375. The molecule has 21 heavy (non-hydrogen) atoms. The summed E-state index contributed by atoms with van der Waals surface area (Å²) in [6, 6.07) is 7.83. The molecule has 0 radical (unpaired) electrons. The van der Waals surface area contributed by atoms with E-state index in [1.807, 2.05) is 6.07 Å². The molecule has 0 saturated heterocycles. The van der Waals surface area contributed by atoms with Gasteiger partial charge in [0.2, 0.25) is 0 Å². The Bertz CT molecular complexity index is 664. The molecule has 1 aromatic heterocycles. The molecular formula is C16H20N2O2S. The number of nitro groups is 1. The van der Waals surface area contributed by atoms with Gasteiger partial charge in [0, 0.05) is 34.0 Å². The van der Waals surface area contributed by atoms with Gasteiger partial charge in [0.05, 0.1) is 4.92 Å². The maximum absolute atomic E-state index is 11.0. The van der Waals surface area contributed by atoms with Gasteiger partial charge in [-0.25, -0.2) is 0 Å². The minimum Gasteiger partial charge on any atom is -0.306 e. The number of nitro benzene ring substituents is 1. The molecule has 0 bridgehead atoms. The molecule has 1 aromatic carbocycles. The first-order valence-electron chi connectivity index (χ1n) is 6.92. The number of nitrogens with zero attached hydrogens (tertiary/aromatic N) is 1. The number of rotatable bonds is 5. The second kappa shape index (κ2) is 6.37. The van der Waals surface area contributed by atoms with E-state index >= 15 is 0 Å². The number of hydrogen-bond acceptors (Lipinski definition) is 4. The summed E-state index contributed by atoms with van der Waals surface area (Å²) in [5.74, 6) is 0. The molecule has 1 unspecified atom stereocenters. The fourth-order valence-corrected chi connectivity index (χ4v) is 3.45. The maximum atomic E-state index is 11.0. The molecule has 0 amide bonds. The van der Waals surface area contributed by atoms with Crippen molar-refractivity contribution in [3.63, 3.8) is 0 Å². The van der Waals surface area contributed by atoms with Crippen molar-refractivity contribution in [3.05, 3.63) is 60.8 Å². The van der Waals surface area contributed by atoms with E-state index in [2.05, 4.69) is 32.2 Å². The Hall–Kier alpha value is -1.72. The average molecular weight is 304 g/mol. The van der Waals surface area contributed by atoms with E-state index in [0.29, 0.717) is 12.1 Å². The van der Waals surface area contributed by atoms with Crippen LogP contribution in [0.5, 0.6) is 0 Å². The average Bonchev–Trinajstić information content (AvgIpc) is 2.76. The molecule has 0 aliphatic carbocycles. The molecule has 4 nitrogen and oxygen atoms in total. The van der Waals surface area contributed by atoms with Crippen LogP contribution in [0.3, 0.4) is 0 Å². The first-order valence-corrected chi connectivity index (χ1v) is 7.74. The first-order chi connectivity index (χ1) is 9.88. The normalized spacial score (nSPS) is 12.4. The molecule has 112 valence electrons. The van der Waals surface area contributed by atoms with Crippen molar-refractivity contribution in [2.45, 2.75) is 40.3 Å². The predicted molar refractivity (Wildman–Crippen MR) is 86.9 cm³/mol. The van der Waals surface area contributed by atoms with Crippen LogP contribution in [0.15, 0.2) is 24.3 Å². The van der Waals surface area contributed by atoms with Crippen molar-refractivity contribution in [3.8, 4) is 0 Å². The molecule has 1 atom stereocenters. The molecule has 2 rings (SSSR count). The summed E-state index contributed by atoms with van der Waals surface area (Å²) in [5.41, 5.74) is 3.12. The van der Waals surface area contributed by atoms with Crippen molar-refractivity contribution in [2.24, 2.45) is 0 Å². The zero-order valence-electron chi connectivity index (χ0n) is 12.8. The Morgan fingerprint density at radius 3 is 2.57 bits per heavy atom. The summed E-state index contributed by atoms with van der Waals surface area (Å²) in [4.78, 5) is 13.3. The van der Waals surface area contributed by atoms with Crippen molar-refractivity contribution in [2.75, 3.05) is 0 Å². The molecule has 0 saturated carbocycles. The number of aryl methyl sites for hydroxylation is 3. The lowest BCUT2D eigenvalue weighted by Crippen LogP contribution is -2.18. The second-order valence-corrected chi connectivity index (χ2v) is 6.81. The number of nitrogens with one attached hydrogen (secondary N) is 1. The van der Waals surface area contributed by atoms with Crippen LogP contribution in [0.1, 0.15) is 39.4 Å². The van der Waals surface area contributed by atoms with Gasteiger partial charge in [-0.2, -0.15) is 0 Å². The van der Waals surface area contributed by atoms with Crippen LogP contribution in [-0.4, -0.2) is 4.92 Å². The van der Waals surface area contributed by atoms with Crippen LogP contribution >= 0.6 is 11.3 Å². The summed E-state index contributed by atoms with van der Waals surface area (Å²) in [7, 11) is 0. The molecule has 1 N–H and O–H groups in total. The van der Waals surface area contributed by atoms with Crippen LogP contribution < -0.4 is 5.32 Å². The molecule has 5 heteroatoms. The highest BCUT2D eigenvalue weighted by molar-refractivity contribution is 7.12. The summed E-state index contributed by atoms with van der Waals surface area (Å²) in [5, 5.41) is 14.4. The maximum Gasteiger partial charge on any atom is 0.272 e. The monoisotopic (exact) mass is 304 g/mol. The quantitative estimate of drug-likeness (QED) is 0.656. The van der Waals surface area contributed by atoms with Crippen molar-refractivity contribution in [1.29, 1.82) is 0 Å². The van der Waals surface area contributed by atoms with Crippen molar-refractivity contribution >= 4 is 17.0 Å². The largest absolute Gasteiger partial charge is 0.306 e. The smallest absolute Gasteiger partial charge is 0.272 e. The number of thiophene rings is 1. The number of hydrogen-bond donors (Lipinski definition) is 1. The lowest BCUT2D eigenvalue weighted by Gasteiger charge is -2.14. The Labute approximate surface area is 129 Å². The third-order valence-electron chi connectivity index (χ3n) is 3.63. The van der Waals surface area contributed by atoms with Gasteiger partial charge in [-0.1, -0.05) is 12.1 Å². The lowest BCUT2D eigenvalue weighted by atomic mass is 10.1. The van der Waals surface area contributed by atoms with Crippen LogP contribution in [0.2, 0.25) is 0 Å². The zero-order chi connectivity index (χ0) is 15.6. The summed E-state index contributed by atoms with van der Waals surface area (Å²) < 4.78 is 0. The van der Waals surface area contributed by atoms with Gasteiger partial charge in [0.25, 0.3) is 5.69 Å². The van der Waals surface area contributed by atoms with E-state index in [1.165, 1.54) is 15.3 Å². The highest BCUT2D eigenvalue weighted by Crippen LogP contribution is 2.26. The molecule has 0 fully saturated rings. The predicted octanol–water partition coefficient (Wildman–Crippen LogP) is 4.43. The van der Waals surface area contributed by atoms with Gasteiger partial charge >= 0.3 is 0 Å². The van der Waals surface area contributed by atoms with E-state index in [-0.39, 0.29) is 16.7 Å². The van der Waals surface area contributed by atoms with Crippen molar-refractivity contribution < 1.29 is 4.92 Å². The first kappa shape index (κ1) is 15.7. The minimum absolute atomic E-state index is 0.185. The Balaban J connectivity index is 2.08. The second-order valence-electron chi connectivity index (χ2n) is 5.35. The minimum atomic E-state index is -0.325. The topological polar surface area (TPSA) is 55.2 Å². The SMILES string of the molecule is Cc1cc(C(C)NCc2ccc(C)c([N+](=O)[O-])c2)c(C)s1. The van der Waals surface area contributed by atoms with Gasteiger partial charge in [-0.15, -0.1) is 11.3 Å². The van der Waals surface area contributed by atoms with Crippen LogP contribution in [-0.2, 0) is 6.54 Å². The third kappa shape index (κ3) is 3.68. The van der Waals surface area contributed by atoms with Crippen molar-refractivity contribution in [1.82, 2.24) is 5.32 Å². The number of benzene rings is 1. The lowest BCUT2D eigenvalue weighted by molar-refractivity contribution is -0.385. The molecule has 0 aliphatic rings. The van der Waals surface area contributed by atoms with Gasteiger partial charge in [0.15, 0.2) is 0 Å². The molecular weight excluding hydrogens is 284 g/mol. The van der Waals surface area contributed by atoms with Gasteiger partial charge < -0.3 is 5.32 Å². The van der Waals surface area contributed by atoms with E-state index in [9.17, 15) is 10.1 Å². The molecule has 0 aliphatic heterocycles. The molecule has 1 heterocycles. The van der Waals surface area contributed by atoms with E-state index < -0.39 is 0 Å². The van der Waals surface area contributed by atoms with Gasteiger partial charge in [-0.05, 0) is 44.9 Å². The summed E-state index contributed by atoms with van der Waals surface area (Å²) in [6.45, 7) is 8.74. The Kier molecular flexibility index (Phi) is 4.75. The van der Waals surface area contributed by atoms with Gasteiger partial charge in [0.1, 0.15) is 0 Å². The summed E-state index contributed by atoms with van der Waals surface area (Å²) >= 11 is 1.80. The van der Waals surface area contributed by atoms with Crippen LogP contribution in [0, 0.1) is 30.9 Å². The van der Waals surface area contributed by atoms with Crippen LogP contribution in [0.25, 0.3) is 0 Å². The fourth-order valence-electron chi connectivity index (χ4n) is 2.42. The standard InChI is InChI=1S/C16H20N2O2S/c1-10-5-6-14(8-16(10)18(19)20)9-17-12(3)15-7-11(2)21-13(15)4/h5-8,12,17H,9H2,1-4H3. The van der Waals surface area contributed by atoms with Gasteiger partial charge in [-0.3, -0.25) is 10.1 Å². The summed E-state index contributed by atoms with van der Waals surface area (Å²) in [6.07, 6.45) is 0.